The topological polar surface area (TPSA) is 67.4 Å². The Bertz CT molecular complexity index is 465. The van der Waals surface area contributed by atoms with Crippen LogP contribution in [0.3, 0.4) is 0 Å². The molecule has 0 aliphatic heterocycles. The maximum atomic E-state index is 11.8. The molecule has 0 saturated carbocycles. The second kappa shape index (κ2) is 8.71. The van der Waals surface area contributed by atoms with E-state index in [0.717, 1.165) is 6.42 Å². The van der Waals surface area contributed by atoms with Crippen LogP contribution in [-0.4, -0.2) is 41.8 Å². The predicted molar refractivity (Wildman–Crippen MR) is 82.6 cm³/mol. The lowest BCUT2D eigenvalue weighted by Crippen LogP contribution is -2.30. The number of hydrogen-bond donors (Lipinski definition) is 2. The van der Waals surface area contributed by atoms with Crippen LogP contribution in [0.5, 0.6) is 5.75 Å². The first-order valence-corrected chi connectivity index (χ1v) is 8.12. The average molecular weight is 298 g/mol. The van der Waals surface area contributed by atoms with Crippen molar-refractivity contribution in [3.63, 3.8) is 0 Å². The number of amides is 1. The molecule has 0 spiro atoms. The molecule has 0 heterocycles. The summed E-state index contributed by atoms with van der Waals surface area (Å²) in [5, 5.41) is 5.97. The summed E-state index contributed by atoms with van der Waals surface area (Å²) in [4.78, 5) is 11.8. The summed E-state index contributed by atoms with van der Waals surface area (Å²) in [6, 6.07) is 7.27. The smallest absolute Gasteiger partial charge is 0.238 e. The van der Waals surface area contributed by atoms with Gasteiger partial charge in [0.1, 0.15) is 5.75 Å². The molecule has 1 rings (SSSR count). The third-order valence-electron chi connectivity index (χ3n) is 2.96. The van der Waals surface area contributed by atoms with Gasteiger partial charge >= 0.3 is 0 Å². The van der Waals surface area contributed by atoms with E-state index in [9.17, 15) is 9.00 Å². The molecule has 0 radical (unpaired) electrons. The molecule has 0 fully saturated rings. The monoisotopic (exact) mass is 298 g/mol. The highest BCUT2D eigenvalue weighted by Crippen LogP contribution is 2.22. The van der Waals surface area contributed by atoms with Gasteiger partial charge in [-0.15, -0.1) is 0 Å². The molecule has 2 unspecified atom stereocenters. The number of carbonyl (C=O) groups is 1. The molecular formula is C14H22N2O3S. The summed E-state index contributed by atoms with van der Waals surface area (Å²) in [5.74, 6) is 0.510. The number of rotatable bonds is 8. The maximum Gasteiger partial charge on any atom is 0.238 e. The first-order valence-electron chi connectivity index (χ1n) is 6.50. The van der Waals surface area contributed by atoms with Gasteiger partial charge in [-0.25, -0.2) is 0 Å². The zero-order valence-electron chi connectivity index (χ0n) is 12.1. The molecule has 0 saturated heterocycles. The van der Waals surface area contributed by atoms with E-state index < -0.39 is 10.8 Å². The number of para-hydroxylation sites is 2. The van der Waals surface area contributed by atoms with Gasteiger partial charge in [0.15, 0.2) is 0 Å². The Kier molecular flexibility index (Phi) is 7.25. The molecule has 1 aromatic rings. The molecule has 6 heteroatoms. The van der Waals surface area contributed by atoms with Crippen LogP contribution in [-0.2, 0) is 15.6 Å². The van der Waals surface area contributed by atoms with Crippen molar-refractivity contribution >= 4 is 22.4 Å². The minimum Gasteiger partial charge on any atom is -0.495 e. The Hall–Kier alpha value is -1.40. The van der Waals surface area contributed by atoms with Crippen molar-refractivity contribution < 1.29 is 13.7 Å². The van der Waals surface area contributed by atoms with Crippen LogP contribution in [0, 0.1) is 0 Å². The number of carbonyl (C=O) groups excluding carboxylic acids is 1. The predicted octanol–water partition coefficient (Wildman–Crippen LogP) is 1.38. The van der Waals surface area contributed by atoms with Crippen LogP contribution in [0.4, 0.5) is 5.69 Å². The van der Waals surface area contributed by atoms with Gasteiger partial charge in [0.05, 0.1) is 19.3 Å². The third kappa shape index (κ3) is 5.71. The Labute approximate surface area is 122 Å². The standard InChI is InChI=1S/C14H22N2O3S/c1-11(20(3)18)8-9-15-10-14(17)16-12-6-4-5-7-13(12)19-2/h4-7,11,15H,8-10H2,1-3H3,(H,16,17). The largest absolute Gasteiger partial charge is 0.495 e. The van der Waals surface area contributed by atoms with E-state index in [2.05, 4.69) is 10.6 Å². The Morgan fingerprint density at radius 3 is 2.75 bits per heavy atom. The normalized spacial score (nSPS) is 13.6. The van der Waals surface area contributed by atoms with E-state index in [4.69, 9.17) is 4.74 Å². The lowest BCUT2D eigenvalue weighted by atomic mass is 10.3. The molecule has 0 aliphatic carbocycles. The van der Waals surface area contributed by atoms with Crippen LogP contribution in [0.1, 0.15) is 13.3 Å². The van der Waals surface area contributed by atoms with Crippen molar-refractivity contribution in [3.05, 3.63) is 24.3 Å². The molecule has 1 amide bonds. The van der Waals surface area contributed by atoms with Crippen LogP contribution >= 0.6 is 0 Å². The summed E-state index contributed by atoms with van der Waals surface area (Å²) in [5.41, 5.74) is 0.657. The number of anilines is 1. The highest BCUT2D eigenvalue weighted by atomic mass is 32.2. The van der Waals surface area contributed by atoms with Gasteiger partial charge in [0.25, 0.3) is 0 Å². The second-order valence-corrected chi connectivity index (χ2v) is 6.33. The molecule has 2 N–H and O–H groups in total. The molecule has 5 nitrogen and oxygen atoms in total. The SMILES string of the molecule is COc1ccccc1NC(=O)CNCCC(C)S(C)=O. The molecule has 0 aliphatic rings. The fourth-order valence-electron chi connectivity index (χ4n) is 1.62. The minimum absolute atomic E-state index is 0.125. The Morgan fingerprint density at radius 1 is 1.40 bits per heavy atom. The summed E-state index contributed by atoms with van der Waals surface area (Å²) < 4.78 is 16.3. The van der Waals surface area contributed by atoms with Crippen molar-refractivity contribution in [2.45, 2.75) is 18.6 Å². The minimum atomic E-state index is -0.817. The van der Waals surface area contributed by atoms with Crippen molar-refractivity contribution in [1.82, 2.24) is 5.32 Å². The van der Waals surface area contributed by atoms with Gasteiger partial charge in [-0.1, -0.05) is 19.1 Å². The van der Waals surface area contributed by atoms with Crippen LogP contribution in [0.2, 0.25) is 0 Å². The summed E-state index contributed by atoms with van der Waals surface area (Å²) >= 11 is 0. The van der Waals surface area contributed by atoms with Gasteiger partial charge < -0.3 is 15.4 Å². The maximum absolute atomic E-state index is 11.8. The van der Waals surface area contributed by atoms with E-state index in [-0.39, 0.29) is 17.7 Å². The number of methoxy groups -OCH3 is 1. The fourth-order valence-corrected chi connectivity index (χ4v) is 2.07. The molecule has 0 bridgehead atoms. The molecular weight excluding hydrogens is 276 g/mol. The summed E-state index contributed by atoms with van der Waals surface area (Å²) in [7, 11) is 0.748. The number of nitrogens with one attached hydrogen (secondary N) is 2. The first kappa shape index (κ1) is 16.7. The zero-order valence-corrected chi connectivity index (χ0v) is 13.0. The molecule has 20 heavy (non-hydrogen) atoms. The number of ether oxygens (including phenoxy) is 1. The molecule has 0 aromatic heterocycles. The first-order chi connectivity index (χ1) is 9.54. The molecule has 1 aromatic carbocycles. The van der Waals surface area contributed by atoms with Crippen molar-refractivity contribution in [2.24, 2.45) is 0 Å². The van der Waals surface area contributed by atoms with Gasteiger partial charge in [0.2, 0.25) is 5.91 Å². The van der Waals surface area contributed by atoms with Crippen molar-refractivity contribution in [3.8, 4) is 5.75 Å². The second-order valence-electron chi connectivity index (χ2n) is 4.52. The van der Waals surface area contributed by atoms with E-state index in [0.29, 0.717) is 18.0 Å². The van der Waals surface area contributed by atoms with Crippen LogP contribution < -0.4 is 15.4 Å². The lowest BCUT2D eigenvalue weighted by Gasteiger charge is -2.11. The van der Waals surface area contributed by atoms with Crippen LogP contribution in [0.25, 0.3) is 0 Å². The highest BCUT2D eigenvalue weighted by molar-refractivity contribution is 7.84. The lowest BCUT2D eigenvalue weighted by molar-refractivity contribution is -0.115. The third-order valence-corrected chi connectivity index (χ3v) is 4.33. The quantitative estimate of drug-likeness (QED) is 0.712. The zero-order chi connectivity index (χ0) is 15.0. The number of benzene rings is 1. The van der Waals surface area contributed by atoms with Gasteiger partial charge in [-0.2, -0.15) is 0 Å². The fraction of sp³-hybridized carbons (Fsp3) is 0.500. The van der Waals surface area contributed by atoms with Gasteiger partial charge in [0, 0.05) is 22.3 Å². The van der Waals surface area contributed by atoms with Gasteiger partial charge in [-0.05, 0) is 25.1 Å². The molecule has 112 valence electrons. The van der Waals surface area contributed by atoms with Crippen molar-refractivity contribution in [1.29, 1.82) is 0 Å². The van der Waals surface area contributed by atoms with E-state index in [1.807, 2.05) is 19.1 Å². The highest BCUT2D eigenvalue weighted by Gasteiger charge is 2.08. The van der Waals surface area contributed by atoms with Crippen molar-refractivity contribution in [2.75, 3.05) is 31.8 Å². The van der Waals surface area contributed by atoms with Gasteiger partial charge in [-0.3, -0.25) is 9.00 Å². The van der Waals surface area contributed by atoms with Crippen LogP contribution in [0.15, 0.2) is 24.3 Å². The summed E-state index contributed by atoms with van der Waals surface area (Å²) in [6.07, 6.45) is 2.48. The van der Waals surface area contributed by atoms with E-state index in [1.54, 1.807) is 25.5 Å². The average Bonchev–Trinajstić information content (AvgIpc) is 2.43. The number of hydrogen-bond acceptors (Lipinski definition) is 4. The molecule has 2 atom stereocenters. The Balaban J connectivity index is 2.32. The Morgan fingerprint density at radius 2 is 2.10 bits per heavy atom. The summed E-state index contributed by atoms with van der Waals surface area (Å²) in [6.45, 7) is 2.83. The van der Waals surface area contributed by atoms with E-state index >= 15 is 0 Å². The van der Waals surface area contributed by atoms with E-state index in [1.165, 1.54) is 0 Å².